The van der Waals surface area contributed by atoms with E-state index in [0.717, 1.165) is 13.1 Å². The van der Waals surface area contributed by atoms with Crippen molar-refractivity contribution in [3.8, 4) is 0 Å². The molecule has 3 nitrogen and oxygen atoms in total. The topological polar surface area (TPSA) is 29.5 Å². The molecule has 1 heterocycles. The molecule has 0 aromatic carbocycles. The second-order valence-corrected chi connectivity index (χ2v) is 4.32. The van der Waals surface area contributed by atoms with Gasteiger partial charge < -0.3 is 9.64 Å². The van der Waals surface area contributed by atoms with E-state index in [1.54, 1.807) is 4.90 Å². The first-order valence-corrected chi connectivity index (χ1v) is 5.34. The Morgan fingerprint density at radius 3 is 2.47 bits per heavy atom. The van der Waals surface area contributed by atoms with Crippen molar-refractivity contribution < 1.29 is 18.3 Å². The fourth-order valence-electron chi connectivity index (χ4n) is 2.66. The number of carbonyl (C=O) groups excluding carboxylic acids is 1. The van der Waals surface area contributed by atoms with Crippen LogP contribution in [0.15, 0.2) is 0 Å². The number of carbonyl (C=O) groups is 1. The van der Waals surface area contributed by atoms with Crippen LogP contribution in [0.1, 0.15) is 19.3 Å². The summed E-state index contributed by atoms with van der Waals surface area (Å²) in [4.78, 5) is 13.1. The maximum absolute atomic E-state index is 11.7. The lowest BCUT2D eigenvalue weighted by atomic mass is 10.0. The zero-order chi connectivity index (χ0) is 10.8. The van der Waals surface area contributed by atoms with E-state index < -0.39 is 13.2 Å². The maximum atomic E-state index is 11.7. The maximum Gasteiger partial charge on any atom is 0.345 e. The molecule has 0 unspecified atom stereocenters. The van der Waals surface area contributed by atoms with Crippen molar-refractivity contribution in [2.24, 2.45) is 11.8 Å². The van der Waals surface area contributed by atoms with Crippen LogP contribution in [0.5, 0.6) is 0 Å². The molecule has 2 aliphatic rings. The van der Waals surface area contributed by atoms with Crippen LogP contribution in [0.3, 0.4) is 0 Å². The van der Waals surface area contributed by atoms with Gasteiger partial charge in [-0.15, -0.1) is 0 Å². The minimum atomic E-state index is -2.85. The van der Waals surface area contributed by atoms with Crippen molar-refractivity contribution in [2.45, 2.75) is 25.9 Å². The number of ether oxygens (including phenoxy) is 1. The van der Waals surface area contributed by atoms with Gasteiger partial charge in [-0.05, 0) is 24.7 Å². The zero-order valence-corrected chi connectivity index (χ0v) is 8.49. The SMILES string of the molecule is O=C(COC(F)F)N1C[C@H]2CCC[C@@H]2C1. The van der Waals surface area contributed by atoms with Crippen molar-refractivity contribution in [3.05, 3.63) is 0 Å². The number of alkyl halides is 2. The fourth-order valence-corrected chi connectivity index (χ4v) is 2.66. The van der Waals surface area contributed by atoms with Gasteiger partial charge in [-0.3, -0.25) is 4.79 Å². The molecule has 1 aliphatic heterocycles. The van der Waals surface area contributed by atoms with Crippen LogP contribution in [0.25, 0.3) is 0 Å². The molecule has 0 spiro atoms. The van der Waals surface area contributed by atoms with Gasteiger partial charge in [0, 0.05) is 13.1 Å². The van der Waals surface area contributed by atoms with Gasteiger partial charge in [0.05, 0.1) is 0 Å². The van der Waals surface area contributed by atoms with Crippen LogP contribution >= 0.6 is 0 Å². The van der Waals surface area contributed by atoms with Gasteiger partial charge in [0.15, 0.2) is 0 Å². The molecular weight excluding hydrogens is 204 g/mol. The average Bonchev–Trinajstić information content (AvgIpc) is 2.72. The molecule has 5 heteroatoms. The van der Waals surface area contributed by atoms with Gasteiger partial charge in [-0.1, -0.05) is 6.42 Å². The van der Waals surface area contributed by atoms with E-state index >= 15 is 0 Å². The van der Waals surface area contributed by atoms with Gasteiger partial charge in [-0.2, -0.15) is 8.78 Å². The summed E-state index contributed by atoms with van der Waals surface area (Å²) in [6.45, 7) is -1.88. The summed E-state index contributed by atoms with van der Waals surface area (Å²) in [6.07, 6.45) is 3.58. The van der Waals surface area contributed by atoms with Crippen molar-refractivity contribution in [3.63, 3.8) is 0 Å². The van der Waals surface area contributed by atoms with E-state index in [9.17, 15) is 13.6 Å². The first-order chi connectivity index (χ1) is 7.16. The Kier molecular flexibility index (Phi) is 3.19. The third-order valence-corrected chi connectivity index (χ3v) is 3.41. The summed E-state index contributed by atoms with van der Waals surface area (Å²) in [5.41, 5.74) is 0. The fraction of sp³-hybridized carbons (Fsp3) is 0.900. The molecule has 1 amide bonds. The smallest absolute Gasteiger partial charge is 0.340 e. The van der Waals surface area contributed by atoms with Crippen LogP contribution < -0.4 is 0 Å². The van der Waals surface area contributed by atoms with Gasteiger partial charge in [0.2, 0.25) is 5.91 Å². The van der Waals surface area contributed by atoms with E-state index in [2.05, 4.69) is 4.74 Å². The van der Waals surface area contributed by atoms with Crippen LogP contribution in [-0.4, -0.2) is 37.1 Å². The summed E-state index contributed by atoms with van der Waals surface area (Å²) in [6, 6.07) is 0. The predicted octanol–water partition coefficient (Wildman–Crippen LogP) is 1.48. The second kappa shape index (κ2) is 4.43. The predicted molar refractivity (Wildman–Crippen MR) is 49.4 cm³/mol. The van der Waals surface area contributed by atoms with E-state index in [-0.39, 0.29) is 5.91 Å². The molecule has 2 rings (SSSR count). The summed E-state index contributed by atoms with van der Waals surface area (Å²) < 4.78 is 27.5. The summed E-state index contributed by atoms with van der Waals surface area (Å²) >= 11 is 0. The number of rotatable bonds is 3. The Balaban J connectivity index is 1.78. The molecule has 0 bridgehead atoms. The Bertz CT molecular complexity index is 236. The van der Waals surface area contributed by atoms with Gasteiger partial charge in [0.1, 0.15) is 6.61 Å². The summed E-state index contributed by atoms with van der Waals surface area (Å²) in [5, 5.41) is 0. The minimum absolute atomic E-state index is 0.301. The number of fused-ring (bicyclic) bond motifs is 1. The van der Waals surface area contributed by atoms with E-state index in [0.29, 0.717) is 11.8 Å². The highest BCUT2D eigenvalue weighted by molar-refractivity contribution is 5.77. The molecule has 2 fully saturated rings. The average molecular weight is 219 g/mol. The van der Waals surface area contributed by atoms with Gasteiger partial charge in [-0.25, -0.2) is 0 Å². The molecule has 0 radical (unpaired) electrons. The van der Waals surface area contributed by atoms with Gasteiger partial charge in [0.25, 0.3) is 0 Å². The monoisotopic (exact) mass is 219 g/mol. The minimum Gasteiger partial charge on any atom is -0.340 e. The quantitative estimate of drug-likeness (QED) is 0.719. The van der Waals surface area contributed by atoms with E-state index in [1.807, 2.05) is 0 Å². The summed E-state index contributed by atoms with van der Waals surface area (Å²) in [5.74, 6) is 0.894. The highest BCUT2D eigenvalue weighted by Gasteiger charge is 2.37. The van der Waals surface area contributed by atoms with E-state index in [1.165, 1.54) is 19.3 Å². The number of amides is 1. The lowest BCUT2D eigenvalue weighted by Gasteiger charge is -2.16. The van der Waals surface area contributed by atoms with Crippen molar-refractivity contribution in [2.75, 3.05) is 19.7 Å². The standard InChI is InChI=1S/C10H15F2NO2/c11-10(12)15-6-9(14)13-4-7-2-1-3-8(7)5-13/h7-8,10H,1-6H2/t7-,8-/m1/s1. The van der Waals surface area contributed by atoms with Crippen LogP contribution in [0.4, 0.5) is 8.78 Å². The third-order valence-electron chi connectivity index (χ3n) is 3.41. The molecule has 0 aromatic rings. The lowest BCUT2D eigenvalue weighted by Crippen LogP contribution is -2.33. The molecule has 2 atom stereocenters. The zero-order valence-electron chi connectivity index (χ0n) is 8.49. The van der Waals surface area contributed by atoms with Crippen molar-refractivity contribution in [1.29, 1.82) is 0 Å². The first-order valence-electron chi connectivity index (χ1n) is 5.34. The Morgan fingerprint density at radius 2 is 1.93 bits per heavy atom. The largest absolute Gasteiger partial charge is 0.345 e. The number of halogens is 2. The highest BCUT2D eigenvalue weighted by Crippen LogP contribution is 2.37. The van der Waals surface area contributed by atoms with Gasteiger partial charge >= 0.3 is 6.61 Å². The highest BCUT2D eigenvalue weighted by atomic mass is 19.3. The molecule has 86 valence electrons. The van der Waals surface area contributed by atoms with E-state index in [4.69, 9.17) is 0 Å². The molecule has 1 saturated carbocycles. The second-order valence-electron chi connectivity index (χ2n) is 4.32. The third kappa shape index (κ3) is 2.45. The first kappa shape index (κ1) is 10.8. The Labute approximate surface area is 87.4 Å². The molecular formula is C10H15F2NO2. The van der Waals surface area contributed by atoms with Crippen LogP contribution in [0, 0.1) is 11.8 Å². The molecule has 0 N–H and O–H groups in total. The lowest BCUT2D eigenvalue weighted by molar-refractivity contribution is -0.159. The Morgan fingerprint density at radius 1 is 1.33 bits per heavy atom. The number of hydrogen-bond donors (Lipinski definition) is 0. The molecule has 0 aromatic heterocycles. The molecule has 1 saturated heterocycles. The molecule has 1 aliphatic carbocycles. The number of nitrogens with zero attached hydrogens (tertiary/aromatic N) is 1. The molecule has 15 heavy (non-hydrogen) atoms. The van der Waals surface area contributed by atoms with Crippen molar-refractivity contribution in [1.82, 2.24) is 4.90 Å². The van der Waals surface area contributed by atoms with Crippen LogP contribution in [0.2, 0.25) is 0 Å². The Hall–Kier alpha value is -0.710. The number of likely N-dealkylation sites (tertiary alicyclic amines) is 1. The van der Waals surface area contributed by atoms with Crippen LogP contribution in [-0.2, 0) is 9.53 Å². The number of hydrogen-bond acceptors (Lipinski definition) is 2. The van der Waals surface area contributed by atoms with Crippen molar-refractivity contribution >= 4 is 5.91 Å². The summed E-state index contributed by atoms with van der Waals surface area (Å²) in [7, 11) is 0. The normalized spacial score (nSPS) is 29.9.